The first kappa shape index (κ1) is 17.5. The van der Waals surface area contributed by atoms with E-state index in [9.17, 15) is 0 Å². The molecule has 1 unspecified atom stereocenters. The molecule has 0 bridgehead atoms. The molecule has 2 N–H and O–H groups in total. The minimum Gasteiger partial charge on any atom is -0.372 e. The van der Waals surface area contributed by atoms with Crippen LogP contribution in [0.25, 0.3) is 0 Å². The largest absolute Gasteiger partial charge is 0.372 e. The van der Waals surface area contributed by atoms with Gasteiger partial charge in [0.25, 0.3) is 0 Å². The van der Waals surface area contributed by atoms with E-state index in [4.69, 9.17) is 5.73 Å². The van der Waals surface area contributed by atoms with E-state index in [1.165, 1.54) is 22.1 Å². The first-order valence-electron chi connectivity index (χ1n) is 7.37. The van der Waals surface area contributed by atoms with Gasteiger partial charge in [-0.15, -0.1) is 0 Å². The third kappa shape index (κ3) is 5.81. The Kier molecular flexibility index (Phi) is 7.56. The molecule has 0 spiro atoms. The molecule has 0 aromatic heterocycles. The van der Waals surface area contributed by atoms with Crippen molar-refractivity contribution in [2.75, 3.05) is 38.6 Å². The van der Waals surface area contributed by atoms with Gasteiger partial charge in [0.2, 0.25) is 0 Å². The molecule has 0 aliphatic heterocycles. The summed E-state index contributed by atoms with van der Waals surface area (Å²) >= 11 is 3.67. The molecular weight excluding hydrogens is 314 g/mol. The highest BCUT2D eigenvalue weighted by molar-refractivity contribution is 9.10. The van der Waals surface area contributed by atoms with E-state index in [0.29, 0.717) is 0 Å². The Morgan fingerprint density at radius 1 is 1.25 bits per heavy atom. The van der Waals surface area contributed by atoms with Crippen molar-refractivity contribution < 1.29 is 0 Å². The van der Waals surface area contributed by atoms with Crippen LogP contribution in [0.1, 0.15) is 25.8 Å². The molecule has 1 atom stereocenters. The normalized spacial score (nSPS) is 12.8. The quantitative estimate of drug-likeness (QED) is 0.788. The molecule has 3 nitrogen and oxygen atoms in total. The molecule has 1 aromatic rings. The molecular formula is C16H28BrN3. The van der Waals surface area contributed by atoms with Gasteiger partial charge in [-0.25, -0.2) is 0 Å². The Hall–Kier alpha value is -0.580. The minimum atomic E-state index is 0.194. The second kappa shape index (κ2) is 8.65. The smallest absolute Gasteiger partial charge is 0.0377 e. The number of halogens is 1. The van der Waals surface area contributed by atoms with Crippen molar-refractivity contribution in [1.29, 1.82) is 0 Å². The maximum absolute atomic E-state index is 5.88. The predicted molar refractivity (Wildman–Crippen MR) is 92.6 cm³/mol. The highest BCUT2D eigenvalue weighted by Crippen LogP contribution is 2.25. The predicted octanol–water partition coefficient (Wildman–Crippen LogP) is 3.12. The van der Waals surface area contributed by atoms with E-state index in [1.54, 1.807) is 0 Å². The van der Waals surface area contributed by atoms with Crippen molar-refractivity contribution in [2.45, 2.75) is 32.7 Å². The second-order valence-electron chi connectivity index (χ2n) is 5.69. The number of nitrogens with zero attached hydrogens (tertiary/aromatic N) is 2. The van der Waals surface area contributed by atoms with Gasteiger partial charge in [0.05, 0.1) is 0 Å². The molecule has 0 saturated carbocycles. The first-order chi connectivity index (χ1) is 9.43. The fraction of sp³-hybridized carbons (Fsp3) is 0.625. The molecule has 0 heterocycles. The zero-order valence-electron chi connectivity index (χ0n) is 13.2. The van der Waals surface area contributed by atoms with E-state index in [2.05, 4.69) is 64.9 Å². The fourth-order valence-electron chi connectivity index (χ4n) is 2.29. The molecule has 0 aliphatic carbocycles. The Morgan fingerprint density at radius 2 is 1.95 bits per heavy atom. The van der Waals surface area contributed by atoms with E-state index < -0.39 is 0 Å². The molecule has 1 aromatic carbocycles. The lowest BCUT2D eigenvalue weighted by Gasteiger charge is -2.25. The maximum atomic E-state index is 5.88. The summed E-state index contributed by atoms with van der Waals surface area (Å²) in [5.41, 5.74) is 8.44. The van der Waals surface area contributed by atoms with Crippen LogP contribution >= 0.6 is 15.9 Å². The summed E-state index contributed by atoms with van der Waals surface area (Å²) in [5, 5.41) is 0. The standard InChI is InChI=1S/C16H28BrN3/c1-5-20(10-6-9-19(3)4)15-8-7-14(11-13(2)18)16(17)12-15/h7-8,12-13H,5-6,9-11,18H2,1-4H3. The third-order valence-electron chi connectivity index (χ3n) is 3.36. The number of hydrogen-bond donors (Lipinski definition) is 1. The van der Waals surface area contributed by atoms with Gasteiger partial charge in [0.1, 0.15) is 0 Å². The van der Waals surface area contributed by atoms with Crippen LogP contribution in [0, 0.1) is 0 Å². The van der Waals surface area contributed by atoms with Crippen molar-refractivity contribution in [2.24, 2.45) is 5.73 Å². The summed E-state index contributed by atoms with van der Waals surface area (Å²) < 4.78 is 1.17. The van der Waals surface area contributed by atoms with Gasteiger partial charge in [-0.3, -0.25) is 0 Å². The number of nitrogens with two attached hydrogens (primary N) is 1. The van der Waals surface area contributed by atoms with E-state index >= 15 is 0 Å². The molecule has 1 rings (SSSR count). The van der Waals surface area contributed by atoms with Crippen LogP contribution in [0.15, 0.2) is 22.7 Å². The number of anilines is 1. The van der Waals surface area contributed by atoms with Crippen LogP contribution in [-0.4, -0.2) is 44.7 Å². The van der Waals surface area contributed by atoms with Crippen LogP contribution in [0.5, 0.6) is 0 Å². The highest BCUT2D eigenvalue weighted by atomic mass is 79.9. The fourth-order valence-corrected chi connectivity index (χ4v) is 2.82. The molecule has 0 radical (unpaired) electrons. The van der Waals surface area contributed by atoms with Gasteiger partial charge in [-0.2, -0.15) is 0 Å². The number of hydrogen-bond acceptors (Lipinski definition) is 3. The Bertz CT molecular complexity index is 405. The van der Waals surface area contributed by atoms with Crippen molar-refractivity contribution in [3.63, 3.8) is 0 Å². The summed E-state index contributed by atoms with van der Waals surface area (Å²) in [7, 11) is 4.24. The lowest BCUT2D eigenvalue weighted by atomic mass is 10.1. The zero-order chi connectivity index (χ0) is 15.1. The van der Waals surface area contributed by atoms with Crippen molar-refractivity contribution in [3.05, 3.63) is 28.2 Å². The van der Waals surface area contributed by atoms with Crippen LogP contribution in [0.2, 0.25) is 0 Å². The number of benzene rings is 1. The molecule has 20 heavy (non-hydrogen) atoms. The Balaban J connectivity index is 2.70. The number of rotatable bonds is 8. The topological polar surface area (TPSA) is 32.5 Å². The first-order valence-corrected chi connectivity index (χ1v) is 8.17. The SMILES string of the molecule is CCN(CCCN(C)C)c1ccc(CC(C)N)c(Br)c1. The lowest BCUT2D eigenvalue weighted by Crippen LogP contribution is -2.27. The van der Waals surface area contributed by atoms with Crippen LogP contribution in [0.4, 0.5) is 5.69 Å². The Morgan fingerprint density at radius 3 is 2.45 bits per heavy atom. The van der Waals surface area contributed by atoms with E-state index in [1.807, 2.05) is 6.92 Å². The lowest BCUT2D eigenvalue weighted by molar-refractivity contribution is 0.400. The van der Waals surface area contributed by atoms with Crippen molar-refractivity contribution in [3.8, 4) is 0 Å². The van der Waals surface area contributed by atoms with Gasteiger partial charge in [0.15, 0.2) is 0 Å². The average Bonchev–Trinajstić information content (AvgIpc) is 2.36. The van der Waals surface area contributed by atoms with Gasteiger partial charge < -0.3 is 15.5 Å². The average molecular weight is 342 g/mol. The molecule has 114 valence electrons. The zero-order valence-corrected chi connectivity index (χ0v) is 14.8. The monoisotopic (exact) mass is 341 g/mol. The highest BCUT2D eigenvalue weighted by Gasteiger charge is 2.08. The van der Waals surface area contributed by atoms with Crippen molar-refractivity contribution in [1.82, 2.24) is 4.90 Å². The van der Waals surface area contributed by atoms with Crippen LogP contribution < -0.4 is 10.6 Å². The van der Waals surface area contributed by atoms with Gasteiger partial charge in [0, 0.05) is 29.3 Å². The van der Waals surface area contributed by atoms with E-state index in [-0.39, 0.29) is 6.04 Å². The van der Waals surface area contributed by atoms with Crippen LogP contribution in [-0.2, 0) is 6.42 Å². The van der Waals surface area contributed by atoms with E-state index in [0.717, 1.165) is 26.1 Å². The van der Waals surface area contributed by atoms with Crippen molar-refractivity contribution >= 4 is 21.6 Å². The summed E-state index contributed by atoms with van der Waals surface area (Å²) in [6, 6.07) is 6.81. The third-order valence-corrected chi connectivity index (χ3v) is 4.10. The minimum absolute atomic E-state index is 0.194. The molecule has 0 aliphatic rings. The molecule has 0 saturated heterocycles. The second-order valence-corrected chi connectivity index (χ2v) is 6.55. The summed E-state index contributed by atoms with van der Waals surface area (Å²) in [6.45, 7) is 7.50. The summed E-state index contributed by atoms with van der Waals surface area (Å²) in [5.74, 6) is 0. The van der Waals surface area contributed by atoms with Gasteiger partial charge in [-0.1, -0.05) is 22.0 Å². The molecule has 4 heteroatoms. The maximum Gasteiger partial charge on any atom is 0.0377 e. The summed E-state index contributed by atoms with van der Waals surface area (Å²) in [6.07, 6.45) is 2.09. The Labute approximate surface area is 132 Å². The molecule has 0 amide bonds. The molecule has 0 fully saturated rings. The summed E-state index contributed by atoms with van der Waals surface area (Å²) in [4.78, 5) is 4.65. The van der Waals surface area contributed by atoms with Crippen LogP contribution in [0.3, 0.4) is 0 Å². The van der Waals surface area contributed by atoms with Gasteiger partial charge in [-0.05, 0) is 65.0 Å². The van der Waals surface area contributed by atoms with Gasteiger partial charge >= 0.3 is 0 Å².